The molecule has 1 unspecified atom stereocenters. The fourth-order valence-electron chi connectivity index (χ4n) is 3.38. The lowest BCUT2D eigenvalue weighted by Crippen LogP contribution is -2.54. The Labute approximate surface area is 155 Å². The molecule has 0 N–H and O–H groups in total. The van der Waals surface area contributed by atoms with E-state index in [0.717, 1.165) is 31.2 Å². The van der Waals surface area contributed by atoms with Crippen LogP contribution >= 0.6 is 0 Å². The standard InChI is InChI=1S/C20H29N3O3/c1-20(2,3)26-19(25)22-12-5-4-8-17(22)18(24)23(16-9-10-16)14-15-7-6-11-21-13-15/h6-7,11,13,16-17H,4-5,8-10,12,14H2,1-3H3. The molecule has 6 heteroatoms. The number of piperidine rings is 1. The van der Waals surface area contributed by atoms with E-state index in [4.69, 9.17) is 4.74 Å². The third kappa shape index (κ3) is 4.74. The van der Waals surface area contributed by atoms with Crippen LogP contribution in [0, 0.1) is 0 Å². The van der Waals surface area contributed by atoms with E-state index < -0.39 is 11.6 Å². The normalized spacial score (nSPS) is 20.6. The van der Waals surface area contributed by atoms with Gasteiger partial charge in [-0.3, -0.25) is 14.7 Å². The first-order valence-electron chi connectivity index (χ1n) is 9.54. The van der Waals surface area contributed by atoms with Crippen molar-refractivity contribution in [1.82, 2.24) is 14.8 Å². The maximum atomic E-state index is 13.3. The Balaban J connectivity index is 1.74. The SMILES string of the molecule is CC(C)(C)OC(=O)N1CCCCC1C(=O)N(Cc1cccnc1)C1CC1. The fourth-order valence-corrected chi connectivity index (χ4v) is 3.38. The lowest BCUT2D eigenvalue weighted by molar-refractivity contribution is -0.139. The average molecular weight is 359 g/mol. The molecule has 1 saturated heterocycles. The van der Waals surface area contributed by atoms with Crippen molar-refractivity contribution in [2.24, 2.45) is 0 Å². The van der Waals surface area contributed by atoms with Crippen molar-refractivity contribution in [3.8, 4) is 0 Å². The molecule has 2 fully saturated rings. The zero-order valence-electron chi connectivity index (χ0n) is 16.0. The Morgan fingerprint density at radius 2 is 2.04 bits per heavy atom. The van der Waals surface area contributed by atoms with Crippen molar-refractivity contribution in [3.63, 3.8) is 0 Å². The van der Waals surface area contributed by atoms with Gasteiger partial charge in [0.1, 0.15) is 11.6 Å². The van der Waals surface area contributed by atoms with Crippen LogP contribution in [0.2, 0.25) is 0 Å². The van der Waals surface area contributed by atoms with Crippen LogP contribution in [0.25, 0.3) is 0 Å². The van der Waals surface area contributed by atoms with Crippen molar-refractivity contribution in [2.75, 3.05) is 6.54 Å². The molecule has 1 aromatic rings. The Morgan fingerprint density at radius 3 is 2.65 bits per heavy atom. The molecule has 1 aromatic heterocycles. The first-order chi connectivity index (χ1) is 12.3. The molecule has 142 valence electrons. The summed E-state index contributed by atoms with van der Waals surface area (Å²) in [7, 11) is 0. The maximum Gasteiger partial charge on any atom is 0.410 e. The highest BCUT2D eigenvalue weighted by Gasteiger charge is 2.41. The molecule has 3 rings (SSSR count). The number of carbonyl (C=O) groups is 2. The topological polar surface area (TPSA) is 62.7 Å². The zero-order valence-corrected chi connectivity index (χ0v) is 16.0. The summed E-state index contributed by atoms with van der Waals surface area (Å²) in [4.78, 5) is 33.7. The maximum absolute atomic E-state index is 13.3. The van der Waals surface area contributed by atoms with Crippen molar-refractivity contribution >= 4 is 12.0 Å². The van der Waals surface area contributed by atoms with E-state index in [1.807, 2.05) is 37.8 Å². The van der Waals surface area contributed by atoms with Gasteiger partial charge in [0.05, 0.1) is 0 Å². The largest absolute Gasteiger partial charge is 0.444 e. The number of amides is 2. The molecular weight excluding hydrogens is 330 g/mol. The molecule has 6 nitrogen and oxygen atoms in total. The molecule has 1 aliphatic carbocycles. The van der Waals surface area contributed by atoms with E-state index in [-0.39, 0.29) is 18.0 Å². The van der Waals surface area contributed by atoms with E-state index in [1.54, 1.807) is 17.3 Å². The summed E-state index contributed by atoms with van der Waals surface area (Å²) in [6.45, 7) is 6.69. The first kappa shape index (κ1) is 18.7. The minimum absolute atomic E-state index is 0.0434. The van der Waals surface area contributed by atoms with Gasteiger partial charge >= 0.3 is 6.09 Å². The second-order valence-corrected chi connectivity index (χ2v) is 8.24. The summed E-state index contributed by atoms with van der Waals surface area (Å²) in [5, 5.41) is 0. The van der Waals surface area contributed by atoms with E-state index in [0.29, 0.717) is 19.5 Å². The number of likely N-dealkylation sites (tertiary alicyclic amines) is 1. The van der Waals surface area contributed by atoms with Gasteiger partial charge in [-0.25, -0.2) is 4.79 Å². The summed E-state index contributed by atoms with van der Waals surface area (Å²) in [6.07, 6.45) is 7.79. The number of hydrogen-bond acceptors (Lipinski definition) is 4. The lowest BCUT2D eigenvalue weighted by atomic mass is 10.0. The van der Waals surface area contributed by atoms with Crippen LogP contribution in [0.15, 0.2) is 24.5 Å². The molecule has 26 heavy (non-hydrogen) atoms. The Morgan fingerprint density at radius 1 is 1.27 bits per heavy atom. The number of nitrogens with zero attached hydrogens (tertiary/aromatic N) is 3. The van der Waals surface area contributed by atoms with Gasteiger partial charge < -0.3 is 9.64 Å². The molecule has 1 saturated carbocycles. The summed E-state index contributed by atoms with van der Waals surface area (Å²) in [5.41, 5.74) is 0.459. The van der Waals surface area contributed by atoms with Crippen molar-refractivity contribution in [2.45, 2.75) is 77.1 Å². The number of carbonyl (C=O) groups excluding carboxylic acids is 2. The van der Waals surface area contributed by atoms with Gasteiger partial charge in [-0.05, 0) is 64.5 Å². The number of hydrogen-bond donors (Lipinski definition) is 0. The van der Waals surface area contributed by atoms with Crippen molar-refractivity contribution < 1.29 is 14.3 Å². The molecule has 0 spiro atoms. The van der Waals surface area contributed by atoms with Crippen LogP contribution in [0.4, 0.5) is 4.79 Å². The molecule has 1 atom stereocenters. The second-order valence-electron chi connectivity index (χ2n) is 8.24. The van der Waals surface area contributed by atoms with Gasteiger partial charge in [0.2, 0.25) is 5.91 Å². The third-order valence-corrected chi connectivity index (χ3v) is 4.76. The van der Waals surface area contributed by atoms with Gasteiger partial charge in [-0.1, -0.05) is 6.07 Å². The number of pyridine rings is 1. The Hall–Kier alpha value is -2.11. The van der Waals surface area contributed by atoms with Gasteiger partial charge in [-0.2, -0.15) is 0 Å². The van der Waals surface area contributed by atoms with Crippen LogP contribution < -0.4 is 0 Å². The molecule has 1 aliphatic heterocycles. The van der Waals surface area contributed by atoms with E-state index in [1.165, 1.54) is 0 Å². The van der Waals surface area contributed by atoms with Crippen LogP contribution in [-0.2, 0) is 16.1 Å². The van der Waals surface area contributed by atoms with E-state index in [9.17, 15) is 9.59 Å². The molecule has 2 aliphatic rings. The summed E-state index contributed by atoms with van der Waals surface area (Å²) in [5.74, 6) is 0.0434. The number of rotatable bonds is 4. The highest BCUT2D eigenvalue weighted by atomic mass is 16.6. The van der Waals surface area contributed by atoms with Crippen molar-refractivity contribution in [3.05, 3.63) is 30.1 Å². The highest BCUT2D eigenvalue weighted by Crippen LogP contribution is 2.31. The van der Waals surface area contributed by atoms with Gasteiger partial charge in [0.25, 0.3) is 0 Å². The fraction of sp³-hybridized carbons (Fsp3) is 0.650. The lowest BCUT2D eigenvalue weighted by Gasteiger charge is -2.38. The molecule has 0 aromatic carbocycles. The first-order valence-corrected chi connectivity index (χ1v) is 9.54. The van der Waals surface area contributed by atoms with Gasteiger partial charge in [-0.15, -0.1) is 0 Å². The third-order valence-electron chi connectivity index (χ3n) is 4.76. The molecular formula is C20H29N3O3. The Bertz CT molecular complexity index is 637. The molecule has 0 radical (unpaired) electrons. The second kappa shape index (κ2) is 7.64. The quantitative estimate of drug-likeness (QED) is 0.827. The molecule has 2 amide bonds. The van der Waals surface area contributed by atoms with E-state index >= 15 is 0 Å². The monoisotopic (exact) mass is 359 g/mol. The van der Waals surface area contributed by atoms with Crippen LogP contribution in [0.3, 0.4) is 0 Å². The Kier molecular flexibility index (Phi) is 5.49. The van der Waals surface area contributed by atoms with E-state index in [2.05, 4.69) is 4.98 Å². The minimum Gasteiger partial charge on any atom is -0.444 e. The summed E-state index contributed by atoms with van der Waals surface area (Å²) in [6, 6.07) is 3.74. The smallest absolute Gasteiger partial charge is 0.410 e. The predicted octanol–water partition coefficient (Wildman–Crippen LogP) is 3.36. The average Bonchev–Trinajstić information content (AvgIpc) is 3.43. The summed E-state index contributed by atoms with van der Waals surface area (Å²) >= 11 is 0. The highest BCUT2D eigenvalue weighted by molar-refractivity contribution is 5.86. The summed E-state index contributed by atoms with van der Waals surface area (Å²) < 4.78 is 5.54. The molecule has 2 heterocycles. The van der Waals surface area contributed by atoms with Crippen LogP contribution in [0.5, 0.6) is 0 Å². The van der Waals surface area contributed by atoms with Crippen LogP contribution in [-0.4, -0.2) is 51.0 Å². The number of aromatic nitrogens is 1. The van der Waals surface area contributed by atoms with Gasteiger partial charge in [0.15, 0.2) is 0 Å². The minimum atomic E-state index is -0.561. The predicted molar refractivity (Wildman–Crippen MR) is 98.4 cm³/mol. The van der Waals surface area contributed by atoms with Crippen LogP contribution in [0.1, 0.15) is 58.4 Å². The van der Waals surface area contributed by atoms with Gasteiger partial charge in [0, 0.05) is 31.5 Å². The number of ether oxygens (including phenoxy) is 1. The molecule has 0 bridgehead atoms. The zero-order chi connectivity index (χ0) is 18.7. The van der Waals surface area contributed by atoms with Crippen molar-refractivity contribution in [1.29, 1.82) is 0 Å².